The Morgan fingerprint density at radius 3 is 2.76 bits per heavy atom. The Morgan fingerprint density at radius 2 is 2.07 bits per heavy atom. The fourth-order valence-corrected chi connectivity index (χ4v) is 6.31. The highest BCUT2D eigenvalue weighted by atomic mass is 32.2. The number of aromatic amines is 1. The standard InChI is InChI=1S/C20H21FN2O4S2/c1-20(2)11-23(9-16(20)24)17-3-4-18(28-17)29(26,27)10-13-7-14-12(8-15(13)21)5-6-22-19(14)25/h3-8,16,24H,9-11H2,1-2H3,(H,22,25)/t16-/m0/s1. The lowest BCUT2D eigenvalue weighted by molar-refractivity contribution is 0.0964. The molecule has 2 N–H and O–H groups in total. The number of β-amino-alcohol motifs (C(OH)–C–C–N with tert-alkyl or cyclic N) is 1. The first kappa shape index (κ1) is 20.1. The molecule has 1 aliphatic heterocycles. The highest BCUT2D eigenvalue weighted by Crippen LogP contribution is 2.38. The topological polar surface area (TPSA) is 90.5 Å². The van der Waals surface area contributed by atoms with E-state index >= 15 is 0 Å². The number of aliphatic hydroxyl groups is 1. The maximum absolute atomic E-state index is 14.5. The average molecular weight is 437 g/mol. The third kappa shape index (κ3) is 3.70. The molecule has 3 heterocycles. The lowest BCUT2D eigenvalue weighted by atomic mass is 9.90. The van der Waals surface area contributed by atoms with Gasteiger partial charge in [-0.1, -0.05) is 13.8 Å². The van der Waals surface area contributed by atoms with Gasteiger partial charge in [-0.3, -0.25) is 4.79 Å². The molecule has 154 valence electrons. The molecular weight excluding hydrogens is 415 g/mol. The lowest BCUT2D eigenvalue weighted by Gasteiger charge is -2.21. The molecule has 1 fully saturated rings. The van der Waals surface area contributed by atoms with Gasteiger partial charge in [-0.15, -0.1) is 11.3 Å². The molecule has 6 nitrogen and oxygen atoms in total. The second-order valence-corrected chi connectivity index (χ2v) is 11.4. The van der Waals surface area contributed by atoms with Gasteiger partial charge >= 0.3 is 0 Å². The highest BCUT2D eigenvalue weighted by molar-refractivity contribution is 7.92. The smallest absolute Gasteiger partial charge is 0.255 e. The molecule has 1 aliphatic rings. The van der Waals surface area contributed by atoms with Crippen molar-refractivity contribution >= 4 is 36.9 Å². The van der Waals surface area contributed by atoms with Crippen LogP contribution in [0.4, 0.5) is 9.39 Å². The Balaban J connectivity index is 1.63. The molecule has 3 aromatic rings. The summed E-state index contributed by atoms with van der Waals surface area (Å²) in [5, 5.41) is 11.6. The van der Waals surface area contributed by atoms with E-state index in [-0.39, 0.29) is 20.6 Å². The van der Waals surface area contributed by atoms with E-state index in [1.165, 1.54) is 24.4 Å². The van der Waals surface area contributed by atoms with Crippen LogP contribution in [0.1, 0.15) is 19.4 Å². The number of hydrogen-bond acceptors (Lipinski definition) is 6. The van der Waals surface area contributed by atoms with E-state index in [1.807, 2.05) is 18.7 Å². The minimum absolute atomic E-state index is 0.0399. The van der Waals surface area contributed by atoms with Crippen molar-refractivity contribution in [2.24, 2.45) is 5.41 Å². The summed E-state index contributed by atoms with van der Waals surface area (Å²) in [5.74, 6) is -1.19. The first-order valence-corrected chi connectivity index (χ1v) is 11.6. The van der Waals surface area contributed by atoms with Crippen molar-refractivity contribution in [1.82, 2.24) is 4.98 Å². The van der Waals surface area contributed by atoms with Crippen molar-refractivity contribution in [2.45, 2.75) is 29.9 Å². The van der Waals surface area contributed by atoms with E-state index in [0.717, 1.165) is 16.3 Å². The van der Waals surface area contributed by atoms with Gasteiger partial charge in [0, 0.05) is 35.7 Å². The number of nitrogens with one attached hydrogen (secondary N) is 1. The first-order chi connectivity index (χ1) is 13.6. The number of anilines is 1. The quantitative estimate of drug-likeness (QED) is 0.656. The summed E-state index contributed by atoms with van der Waals surface area (Å²) < 4.78 is 40.4. The third-order valence-electron chi connectivity index (χ3n) is 5.37. The van der Waals surface area contributed by atoms with Crippen LogP contribution < -0.4 is 10.5 Å². The van der Waals surface area contributed by atoms with Crippen LogP contribution in [-0.2, 0) is 15.6 Å². The first-order valence-electron chi connectivity index (χ1n) is 9.12. The molecular formula is C20H21FN2O4S2. The number of fused-ring (bicyclic) bond motifs is 1. The summed E-state index contributed by atoms with van der Waals surface area (Å²) in [7, 11) is -3.79. The molecule has 1 saturated heterocycles. The summed E-state index contributed by atoms with van der Waals surface area (Å²) in [6.07, 6.45) is 0.930. The second kappa shape index (κ2) is 6.93. The van der Waals surface area contributed by atoms with Crippen molar-refractivity contribution in [3.63, 3.8) is 0 Å². The number of aromatic nitrogens is 1. The number of sulfone groups is 1. The van der Waals surface area contributed by atoms with Gasteiger partial charge in [-0.2, -0.15) is 0 Å². The van der Waals surface area contributed by atoms with Gasteiger partial charge in [-0.25, -0.2) is 12.8 Å². The number of hydrogen-bond donors (Lipinski definition) is 2. The van der Waals surface area contributed by atoms with E-state index in [1.54, 1.807) is 12.1 Å². The normalized spacial score (nSPS) is 19.2. The molecule has 0 spiro atoms. The van der Waals surface area contributed by atoms with Crippen LogP contribution in [0.2, 0.25) is 0 Å². The number of nitrogens with zero attached hydrogens (tertiary/aromatic N) is 1. The minimum Gasteiger partial charge on any atom is -0.391 e. The molecule has 0 amide bonds. The molecule has 9 heteroatoms. The maximum Gasteiger partial charge on any atom is 0.255 e. The molecule has 0 unspecified atom stereocenters. The number of halogens is 1. The van der Waals surface area contributed by atoms with Gasteiger partial charge in [-0.05, 0) is 35.7 Å². The Bertz CT molecular complexity index is 1250. The molecule has 1 atom stereocenters. The van der Waals surface area contributed by atoms with Crippen LogP contribution in [0.3, 0.4) is 0 Å². The molecule has 2 aromatic heterocycles. The lowest BCUT2D eigenvalue weighted by Crippen LogP contribution is -2.26. The molecule has 0 saturated carbocycles. The maximum atomic E-state index is 14.5. The van der Waals surface area contributed by atoms with Gasteiger partial charge in [0.15, 0.2) is 9.84 Å². The van der Waals surface area contributed by atoms with Crippen LogP contribution in [0.25, 0.3) is 10.8 Å². The summed E-state index contributed by atoms with van der Waals surface area (Å²) in [6.45, 7) is 4.99. The zero-order valence-electron chi connectivity index (χ0n) is 16.0. The van der Waals surface area contributed by atoms with Crippen molar-refractivity contribution in [1.29, 1.82) is 0 Å². The summed E-state index contributed by atoms with van der Waals surface area (Å²) in [5.41, 5.74) is -0.707. The predicted molar refractivity (Wildman–Crippen MR) is 112 cm³/mol. The number of H-pyrrole nitrogens is 1. The van der Waals surface area contributed by atoms with E-state index in [9.17, 15) is 22.7 Å². The van der Waals surface area contributed by atoms with Gasteiger partial charge in [0.1, 0.15) is 10.0 Å². The largest absolute Gasteiger partial charge is 0.391 e. The SMILES string of the molecule is CC1(C)CN(c2ccc(S(=O)(=O)Cc3cc4c(=O)[nH]ccc4cc3F)s2)C[C@@H]1O. The van der Waals surface area contributed by atoms with Crippen molar-refractivity contribution in [3.05, 3.63) is 58.3 Å². The molecule has 1 aromatic carbocycles. The zero-order chi connectivity index (χ0) is 21.0. The Labute approximate surface area is 171 Å². The molecule has 4 rings (SSSR count). The van der Waals surface area contributed by atoms with Gasteiger partial charge in [0.05, 0.1) is 16.9 Å². The van der Waals surface area contributed by atoms with Gasteiger partial charge in [0.25, 0.3) is 5.56 Å². The van der Waals surface area contributed by atoms with Crippen molar-refractivity contribution in [3.8, 4) is 0 Å². The molecule has 0 bridgehead atoms. The van der Waals surface area contributed by atoms with E-state index in [0.29, 0.717) is 18.5 Å². The Kier molecular flexibility index (Phi) is 4.79. The van der Waals surface area contributed by atoms with Gasteiger partial charge < -0.3 is 15.0 Å². The summed E-state index contributed by atoms with van der Waals surface area (Å²) >= 11 is 1.11. The van der Waals surface area contributed by atoms with Crippen LogP contribution in [0.5, 0.6) is 0 Å². The average Bonchev–Trinajstić information content (AvgIpc) is 3.22. The number of rotatable bonds is 4. The van der Waals surface area contributed by atoms with Crippen molar-refractivity contribution < 1.29 is 17.9 Å². The monoisotopic (exact) mass is 436 g/mol. The van der Waals surface area contributed by atoms with Crippen LogP contribution in [-0.4, -0.2) is 37.7 Å². The predicted octanol–water partition coefficient (Wildman–Crippen LogP) is 2.91. The highest BCUT2D eigenvalue weighted by Gasteiger charge is 2.39. The summed E-state index contributed by atoms with van der Waals surface area (Å²) in [6, 6.07) is 7.28. The van der Waals surface area contributed by atoms with E-state index < -0.39 is 33.1 Å². The number of benzene rings is 1. The zero-order valence-corrected chi connectivity index (χ0v) is 17.6. The van der Waals surface area contributed by atoms with Crippen LogP contribution in [0, 0.1) is 11.2 Å². The van der Waals surface area contributed by atoms with E-state index in [4.69, 9.17) is 0 Å². The minimum atomic E-state index is -3.79. The second-order valence-electron chi connectivity index (χ2n) is 8.07. The Hall–Kier alpha value is -2.23. The van der Waals surface area contributed by atoms with Crippen LogP contribution in [0.15, 0.2) is 45.5 Å². The van der Waals surface area contributed by atoms with Gasteiger partial charge in [0.2, 0.25) is 0 Å². The number of aliphatic hydroxyl groups excluding tert-OH is 1. The van der Waals surface area contributed by atoms with Crippen LogP contribution >= 0.6 is 11.3 Å². The Morgan fingerprint density at radius 1 is 1.31 bits per heavy atom. The summed E-state index contributed by atoms with van der Waals surface area (Å²) in [4.78, 5) is 16.4. The fraction of sp³-hybridized carbons (Fsp3) is 0.350. The van der Waals surface area contributed by atoms with E-state index in [2.05, 4.69) is 4.98 Å². The number of pyridine rings is 1. The van der Waals surface area contributed by atoms with Crippen molar-refractivity contribution in [2.75, 3.05) is 18.0 Å². The third-order valence-corrected chi connectivity index (χ3v) is 8.76. The molecule has 0 aliphatic carbocycles. The molecule has 0 radical (unpaired) electrons. The fourth-order valence-electron chi connectivity index (χ4n) is 3.57. The molecule has 29 heavy (non-hydrogen) atoms. The number of thiophene rings is 1.